The Morgan fingerprint density at radius 1 is 1.21 bits per heavy atom. The van der Waals surface area contributed by atoms with Gasteiger partial charge in [0.15, 0.2) is 11.6 Å². The van der Waals surface area contributed by atoms with Crippen LogP contribution in [0.4, 0.5) is 0 Å². The molecule has 0 saturated heterocycles. The summed E-state index contributed by atoms with van der Waals surface area (Å²) in [5.74, 6) is -1.30. The molecule has 0 aromatic carbocycles. The summed E-state index contributed by atoms with van der Waals surface area (Å²) < 4.78 is 5.39. The quantitative estimate of drug-likeness (QED) is 0.383. The zero-order chi connectivity index (χ0) is 24.9. The highest BCUT2D eigenvalue weighted by molar-refractivity contribution is 6.02. The van der Waals surface area contributed by atoms with Crippen molar-refractivity contribution in [3.63, 3.8) is 0 Å². The third kappa shape index (κ3) is 3.62. The second-order valence-corrected chi connectivity index (χ2v) is 11.2. The van der Waals surface area contributed by atoms with Crippen molar-refractivity contribution >= 4 is 17.5 Å². The van der Waals surface area contributed by atoms with E-state index in [1.165, 1.54) is 6.08 Å². The Kier molecular flexibility index (Phi) is 6.68. The Balaban J connectivity index is 1.68. The lowest BCUT2D eigenvalue weighted by atomic mass is 9.44. The van der Waals surface area contributed by atoms with Gasteiger partial charge in [-0.05, 0) is 68.1 Å². The van der Waals surface area contributed by atoms with Gasteiger partial charge in [0.05, 0.1) is 19.1 Å². The predicted molar refractivity (Wildman–Crippen MR) is 124 cm³/mol. The average Bonchev–Trinajstić information content (AvgIpc) is 3.05. The number of carbonyl (C=O) groups excluding carboxylic acids is 3. The van der Waals surface area contributed by atoms with Gasteiger partial charge in [0, 0.05) is 16.7 Å². The number of aliphatic hydroxyl groups excluding tert-OH is 2. The third-order valence-corrected chi connectivity index (χ3v) is 9.69. The van der Waals surface area contributed by atoms with Crippen LogP contribution in [0.15, 0.2) is 23.3 Å². The first-order valence-corrected chi connectivity index (χ1v) is 12.7. The SMILES string of the molecule is CCCCOC(=O)CC1=CC(=O)C=C2CC[C@@H]3[C@H]([C@@H](O)C[C@@]4(C)[C@H]3CC[C@]4(O)C(=O)CO)[C@]21C. The van der Waals surface area contributed by atoms with Crippen molar-refractivity contribution in [1.29, 1.82) is 0 Å². The lowest BCUT2D eigenvalue weighted by Crippen LogP contribution is -2.62. The highest BCUT2D eigenvalue weighted by atomic mass is 16.5. The van der Waals surface area contributed by atoms with E-state index in [9.17, 15) is 29.7 Å². The monoisotopic (exact) mass is 474 g/mol. The van der Waals surface area contributed by atoms with Gasteiger partial charge in [0.2, 0.25) is 0 Å². The number of rotatable bonds is 7. The van der Waals surface area contributed by atoms with E-state index >= 15 is 0 Å². The maximum absolute atomic E-state index is 12.6. The van der Waals surface area contributed by atoms with Crippen molar-refractivity contribution < 1.29 is 34.4 Å². The minimum absolute atomic E-state index is 0.00448. The summed E-state index contributed by atoms with van der Waals surface area (Å²) in [6.07, 6.45) is 6.62. The van der Waals surface area contributed by atoms with Crippen LogP contribution in [0.2, 0.25) is 0 Å². The van der Waals surface area contributed by atoms with Crippen molar-refractivity contribution in [2.45, 2.75) is 83.8 Å². The van der Waals surface area contributed by atoms with Crippen LogP contribution in [0.5, 0.6) is 0 Å². The van der Waals surface area contributed by atoms with Crippen molar-refractivity contribution in [1.82, 2.24) is 0 Å². The Bertz CT molecular complexity index is 935. The maximum atomic E-state index is 12.6. The van der Waals surface area contributed by atoms with E-state index in [-0.39, 0.29) is 48.8 Å². The van der Waals surface area contributed by atoms with Gasteiger partial charge in [-0.1, -0.05) is 32.8 Å². The van der Waals surface area contributed by atoms with Crippen LogP contribution in [-0.4, -0.2) is 57.8 Å². The zero-order valence-corrected chi connectivity index (χ0v) is 20.5. The van der Waals surface area contributed by atoms with Crippen LogP contribution < -0.4 is 0 Å². The molecule has 3 fully saturated rings. The second-order valence-electron chi connectivity index (χ2n) is 11.2. The fourth-order valence-corrected chi connectivity index (χ4v) is 7.91. The van der Waals surface area contributed by atoms with Gasteiger partial charge in [-0.15, -0.1) is 0 Å². The van der Waals surface area contributed by atoms with Gasteiger partial charge < -0.3 is 20.1 Å². The molecule has 7 atom stereocenters. The van der Waals surface area contributed by atoms with Gasteiger partial charge >= 0.3 is 5.97 Å². The van der Waals surface area contributed by atoms with E-state index in [2.05, 4.69) is 0 Å². The number of Topliss-reactive ketones (excluding diaryl/α,β-unsaturated/α-hetero) is 1. The first kappa shape index (κ1) is 25.3. The molecular formula is C27H38O7. The summed E-state index contributed by atoms with van der Waals surface area (Å²) >= 11 is 0. The molecular weight excluding hydrogens is 436 g/mol. The highest BCUT2D eigenvalue weighted by Gasteiger charge is 2.68. The van der Waals surface area contributed by atoms with E-state index in [1.54, 1.807) is 6.08 Å². The highest BCUT2D eigenvalue weighted by Crippen LogP contribution is 2.68. The van der Waals surface area contributed by atoms with Gasteiger partial charge in [-0.2, -0.15) is 0 Å². The topological polar surface area (TPSA) is 121 Å². The molecule has 0 aliphatic heterocycles. The fraction of sp³-hybridized carbons (Fsp3) is 0.741. The normalized spacial score (nSPS) is 41.1. The number of hydrogen-bond donors (Lipinski definition) is 3. The molecule has 0 amide bonds. The van der Waals surface area contributed by atoms with Crippen LogP contribution in [-0.2, 0) is 19.1 Å². The van der Waals surface area contributed by atoms with Crippen LogP contribution in [0.25, 0.3) is 0 Å². The van der Waals surface area contributed by atoms with Crippen LogP contribution in [0.1, 0.15) is 72.1 Å². The number of hydrogen-bond acceptors (Lipinski definition) is 7. The first-order chi connectivity index (χ1) is 16.0. The van der Waals surface area contributed by atoms with E-state index in [0.717, 1.165) is 24.8 Å². The Morgan fingerprint density at radius 3 is 2.62 bits per heavy atom. The van der Waals surface area contributed by atoms with E-state index in [1.807, 2.05) is 20.8 Å². The molecule has 0 radical (unpaired) electrons. The van der Waals surface area contributed by atoms with Crippen LogP contribution in [0, 0.1) is 28.6 Å². The summed E-state index contributed by atoms with van der Waals surface area (Å²) in [5, 5.41) is 32.5. The summed E-state index contributed by atoms with van der Waals surface area (Å²) in [6.45, 7) is 5.55. The Labute approximate surface area is 201 Å². The Morgan fingerprint density at radius 2 is 1.94 bits per heavy atom. The van der Waals surface area contributed by atoms with Crippen LogP contribution in [0.3, 0.4) is 0 Å². The third-order valence-electron chi connectivity index (χ3n) is 9.69. The molecule has 0 bridgehead atoms. The van der Waals surface area contributed by atoms with Crippen LogP contribution >= 0.6 is 0 Å². The molecule has 34 heavy (non-hydrogen) atoms. The van der Waals surface area contributed by atoms with Gasteiger partial charge in [0.1, 0.15) is 12.2 Å². The molecule has 0 aromatic rings. The minimum Gasteiger partial charge on any atom is -0.465 e. The van der Waals surface area contributed by atoms with E-state index in [0.29, 0.717) is 25.0 Å². The molecule has 0 unspecified atom stereocenters. The molecule has 7 nitrogen and oxygen atoms in total. The zero-order valence-electron chi connectivity index (χ0n) is 20.5. The summed E-state index contributed by atoms with van der Waals surface area (Å²) in [5.41, 5.74) is -1.52. The van der Waals surface area contributed by atoms with Crippen molar-refractivity contribution in [3.8, 4) is 0 Å². The molecule has 0 spiro atoms. The molecule has 7 heteroatoms. The molecule has 188 valence electrons. The number of ether oxygens (including phenoxy) is 1. The van der Waals surface area contributed by atoms with Crippen molar-refractivity contribution in [2.24, 2.45) is 28.6 Å². The van der Waals surface area contributed by atoms with E-state index < -0.39 is 34.9 Å². The molecule has 4 aliphatic carbocycles. The molecule has 4 rings (SSSR count). The molecule has 4 aliphatic rings. The lowest BCUT2D eigenvalue weighted by molar-refractivity contribution is -0.179. The maximum Gasteiger partial charge on any atom is 0.309 e. The predicted octanol–water partition coefficient (Wildman–Crippen LogP) is 2.66. The number of aliphatic hydroxyl groups is 3. The number of allylic oxidation sites excluding steroid dienone is 3. The molecule has 0 heterocycles. The summed E-state index contributed by atoms with van der Waals surface area (Å²) in [7, 11) is 0. The first-order valence-electron chi connectivity index (χ1n) is 12.7. The number of ketones is 2. The number of carbonyl (C=O) groups is 3. The second kappa shape index (κ2) is 8.99. The molecule has 0 aromatic heterocycles. The van der Waals surface area contributed by atoms with Crippen molar-refractivity contribution in [3.05, 3.63) is 23.3 Å². The minimum atomic E-state index is -1.65. The molecule has 3 N–H and O–H groups in total. The van der Waals surface area contributed by atoms with Gasteiger partial charge in [0.25, 0.3) is 0 Å². The van der Waals surface area contributed by atoms with Crippen molar-refractivity contribution in [2.75, 3.05) is 13.2 Å². The average molecular weight is 475 g/mol. The smallest absolute Gasteiger partial charge is 0.309 e. The number of esters is 1. The fourth-order valence-electron chi connectivity index (χ4n) is 7.91. The van der Waals surface area contributed by atoms with Gasteiger partial charge in [-0.3, -0.25) is 14.4 Å². The summed E-state index contributed by atoms with van der Waals surface area (Å²) in [4.78, 5) is 37.7. The summed E-state index contributed by atoms with van der Waals surface area (Å²) in [6, 6.07) is 0. The molecule has 3 saturated carbocycles. The standard InChI is InChI=1S/C27H38O7/c1-4-5-10-34-23(32)13-17-12-18(29)11-16-6-7-19-20-8-9-27(33,22(31)15-28)25(20,2)14-21(30)24(19)26(16,17)3/h11-12,19-21,24,28,30,33H,4-10,13-15H2,1-3H3/t19-,20-,21-,24+,25-,26+,27-/m0/s1. The Hall–Kier alpha value is -1.83. The largest absolute Gasteiger partial charge is 0.465 e. The van der Waals surface area contributed by atoms with E-state index in [4.69, 9.17) is 4.74 Å². The van der Waals surface area contributed by atoms with Gasteiger partial charge in [-0.25, -0.2) is 0 Å². The lowest BCUT2D eigenvalue weighted by Gasteiger charge is -2.60. The number of unbranched alkanes of at least 4 members (excludes halogenated alkanes) is 1. The number of fused-ring (bicyclic) bond motifs is 5.